The molecule has 4 atom stereocenters. The molecule has 2 heterocycles. The van der Waals surface area contributed by atoms with Gasteiger partial charge in [-0.2, -0.15) is 0 Å². The number of hydrogen-bond acceptors (Lipinski definition) is 4. The Balaban J connectivity index is 1.86. The van der Waals surface area contributed by atoms with Gasteiger partial charge in [0.1, 0.15) is 23.7 Å². The van der Waals surface area contributed by atoms with Gasteiger partial charge < -0.3 is 10.1 Å². The van der Waals surface area contributed by atoms with Crippen LogP contribution in [0.15, 0.2) is 54.6 Å². The van der Waals surface area contributed by atoms with Crippen LogP contribution in [0.2, 0.25) is 0 Å². The molecule has 4 rings (SSSR count). The van der Waals surface area contributed by atoms with E-state index in [9.17, 15) is 18.8 Å². The number of halogens is 1. The average molecular weight is 425 g/mol. The number of benzene rings is 2. The number of nitrogens with two attached hydrogens (primary N) is 1. The number of rotatable bonds is 6. The predicted molar refractivity (Wildman–Crippen MR) is 110 cm³/mol. The first-order valence-corrected chi connectivity index (χ1v) is 10.6. The number of fused-ring (bicyclic) bond motifs is 1. The number of esters is 1. The van der Waals surface area contributed by atoms with E-state index >= 15 is 0 Å². The van der Waals surface area contributed by atoms with Crippen molar-refractivity contribution in [2.75, 3.05) is 13.2 Å². The van der Waals surface area contributed by atoms with Gasteiger partial charge in [0.05, 0.1) is 6.61 Å². The van der Waals surface area contributed by atoms with E-state index < -0.39 is 29.4 Å². The maximum Gasteiger partial charge on any atom is 0.369 e. The zero-order valence-corrected chi connectivity index (χ0v) is 17.6. The van der Waals surface area contributed by atoms with Crippen molar-refractivity contribution in [2.24, 2.45) is 11.8 Å². The number of carbonyl (C=O) groups excluding carboxylic acids is 3. The maximum absolute atomic E-state index is 13.6. The molecule has 2 saturated heterocycles. The number of nitrogens with zero attached hydrogens (tertiary/aromatic N) is 1. The minimum absolute atomic E-state index is 0.168. The molecule has 31 heavy (non-hydrogen) atoms. The third-order valence-corrected chi connectivity index (χ3v) is 6.43. The van der Waals surface area contributed by atoms with Crippen molar-refractivity contribution in [1.29, 1.82) is 0 Å². The second kappa shape index (κ2) is 8.23. The van der Waals surface area contributed by atoms with E-state index in [1.165, 1.54) is 17.0 Å². The number of ether oxygens (including phenoxy) is 1. The largest absolute Gasteiger partial charge is 0.461 e. The van der Waals surface area contributed by atoms with Crippen molar-refractivity contribution in [2.45, 2.75) is 31.8 Å². The number of imide groups is 1. The van der Waals surface area contributed by atoms with Gasteiger partial charge in [0.15, 0.2) is 0 Å². The Bertz CT molecular complexity index is 994. The molecule has 2 aromatic rings. The number of amides is 2. The molecule has 2 amide bonds. The molecule has 0 saturated carbocycles. The van der Waals surface area contributed by atoms with E-state index in [4.69, 9.17) is 4.74 Å². The van der Waals surface area contributed by atoms with Gasteiger partial charge in [-0.1, -0.05) is 42.5 Å². The maximum atomic E-state index is 13.6. The summed E-state index contributed by atoms with van der Waals surface area (Å²) in [7, 11) is 0. The molecule has 0 unspecified atom stereocenters. The summed E-state index contributed by atoms with van der Waals surface area (Å²) in [5, 5.41) is 1.81. The van der Waals surface area contributed by atoms with Crippen LogP contribution < -0.4 is 5.32 Å². The lowest BCUT2D eigenvalue weighted by molar-refractivity contribution is -0.734. The van der Waals surface area contributed by atoms with Gasteiger partial charge in [-0.05, 0) is 31.5 Å². The first kappa shape index (κ1) is 21.2. The van der Waals surface area contributed by atoms with Crippen LogP contribution in [0.3, 0.4) is 0 Å². The number of likely N-dealkylation sites (tertiary alicyclic amines) is 1. The molecule has 2 aliphatic rings. The molecule has 2 aliphatic heterocycles. The van der Waals surface area contributed by atoms with Crippen LogP contribution in [-0.2, 0) is 25.5 Å². The highest BCUT2D eigenvalue weighted by molar-refractivity contribution is 6.08. The van der Waals surface area contributed by atoms with Crippen LogP contribution in [0.1, 0.15) is 31.0 Å². The minimum Gasteiger partial charge on any atom is -0.461 e. The molecule has 6 nitrogen and oxygen atoms in total. The molecule has 162 valence electrons. The second-order valence-electron chi connectivity index (χ2n) is 8.09. The van der Waals surface area contributed by atoms with E-state index in [-0.39, 0.29) is 37.2 Å². The summed E-state index contributed by atoms with van der Waals surface area (Å²) in [4.78, 5) is 41.3. The smallest absolute Gasteiger partial charge is 0.369 e. The van der Waals surface area contributed by atoms with E-state index in [2.05, 4.69) is 0 Å². The van der Waals surface area contributed by atoms with Crippen LogP contribution in [0.5, 0.6) is 0 Å². The van der Waals surface area contributed by atoms with Gasteiger partial charge in [0, 0.05) is 18.5 Å². The lowest BCUT2D eigenvalue weighted by Crippen LogP contribution is -2.98. The van der Waals surface area contributed by atoms with E-state index in [1.54, 1.807) is 26.0 Å². The Labute approximate surface area is 180 Å². The SMILES string of the molecule is CCOC(=O)[C@]1(Cc2ccccc2)[NH2+][C@H](c2ccc(F)cc2)[C@H]2C(=O)N(CC)C(=O)[C@@H]21. The lowest BCUT2D eigenvalue weighted by Gasteiger charge is -2.29. The molecule has 0 radical (unpaired) electrons. The van der Waals surface area contributed by atoms with Crippen LogP contribution in [0.25, 0.3) is 0 Å². The van der Waals surface area contributed by atoms with Crippen molar-refractivity contribution in [3.63, 3.8) is 0 Å². The number of quaternary nitrogens is 1. The monoisotopic (exact) mass is 425 g/mol. The number of hydrogen-bond donors (Lipinski definition) is 1. The summed E-state index contributed by atoms with van der Waals surface area (Å²) in [6.45, 7) is 3.88. The molecule has 7 heteroatoms. The average Bonchev–Trinajstić information content (AvgIpc) is 3.24. The van der Waals surface area contributed by atoms with Gasteiger partial charge in [0.2, 0.25) is 17.4 Å². The van der Waals surface area contributed by atoms with Gasteiger partial charge in [-0.15, -0.1) is 0 Å². The first-order chi connectivity index (χ1) is 14.9. The second-order valence-corrected chi connectivity index (χ2v) is 8.09. The fraction of sp³-hybridized carbons (Fsp3) is 0.375. The van der Waals surface area contributed by atoms with Crippen LogP contribution in [0.4, 0.5) is 4.39 Å². The van der Waals surface area contributed by atoms with E-state index in [0.29, 0.717) is 5.56 Å². The predicted octanol–water partition coefficient (Wildman–Crippen LogP) is 1.61. The molecule has 0 bridgehead atoms. The summed E-state index contributed by atoms with van der Waals surface area (Å²) in [6, 6.07) is 14.8. The standard InChI is InChI=1S/C24H25FN2O4/c1-3-27-21(28)18-19(22(27)29)24(23(30)31-4-2,14-15-8-6-5-7-9-15)26-20(18)16-10-12-17(25)13-11-16/h5-13,18-20,26H,3-4,14H2,1-2H3/p+1/t18-,19+,20+,24+/m0/s1. The van der Waals surface area contributed by atoms with Crippen molar-refractivity contribution < 1.29 is 28.8 Å². The summed E-state index contributed by atoms with van der Waals surface area (Å²) in [5.74, 6) is -3.09. The summed E-state index contributed by atoms with van der Waals surface area (Å²) < 4.78 is 19.0. The Kier molecular flexibility index (Phi) is 5.62. The topological polar surface area (TPSA) is 80.3 Å². The fourth-order valence-corrected chi connectivity index (χ4v) is 5.12. The molecular formula is C24H26FN2O4+. The highest BCUT2D eigenvalue weighted by Gasteiger charge is 2.72. The fourth-order valence-electron chi connectivity index (χ4n) is 5.12. The first-order valence-electron chi connectivity index (χ1n) is 10.6. The minimum atomic E-state index is -1.28. The van der Waals surface area contributed by atoms with E-state index in [1.807, 2.05) is 35.6 Å². The van der Waals surface area contributed by atoms with Crippen molar-refractivity contribution in [3.05, 3.63) is 71.5 Å². The van der Waals surface area contributed by atoms with Gasteiger partial charge in [0.25, 0.3) is 0 Å². The summed E-state index contributed by atoms with van der Waals surface area (Å²) >= 11 is 0. The van der Waals surface area contributed by atoms with Crippen molar-refractivity contribution in [1.82, 2.24) is 4.90 Å². The number of carbonyl (C=O) groups is 3. The Morgan fingerprint density at radius 1 is 1.06 bits per heavy atom. The lowest BCUT2D eigenvalue weighted by atomic mass is 9.76. The van der Waals surface area contributed by atoms with Gasteiger partial charge in [-0.3, -0.25) is 14.5 Å². The van der Waals surface area contributed by atoms with Gasteiger partial charge >= 0.3 is 5.97 Å². The summed E-state index contributed by atoms with van der Waals surface area (Å²) in [5.41, 5.74) is 0.299. The molecule has 2 N–H and O–H groups in total. The highest BCUT2D eigenvalue weighted by Crippen LogP contribution is 2.45. The van der Waals surface area contributed by atoms with Gasteiger partial charge in [-0.25, -0.2) is 9.18 Å². The van der Waals surface area contributed by atoms with E-state index in [0.717, 1.165) is 5.56 Å². The molecule has 2 fully saturated rings. The van der Waals surface area contributed by atoms with Crippen molar-refractivity contribution in [3.8, 4) is 0 Å². The molecule has 0 aromatic heterocycles. The quantitative estimate of drug-likeness (QED) is 0.563. The normalized spacial score (nSPS) is 27.5. The Hall–Kier alpha value is -3.06. The third-order valence-electron chi connectivity index (χ3n) is 6.43. The molecule has 0 aliphatic carbocycles. The summed E-state index contributed by atoms with van der Waals surface area (Å²) in [6.07, 6.45) is 0.252. The van der Waals surface area contributed by atoms with Crippen LogP contribution in [0, 0.1) is 17.7 Å². The Morgan fingerprint density at radius 3 is 2.35 bits per heavy atom. The van der Waals surface area contributed by atoms with Crippen molar-refractivity contribution >= 4 is 17.8 Å². The third kappa shape index (κ3) is 3.43. The zero-order chi connectivity index (χ0) is 22.2. The molecule has 0 spiro atoms. The highest BCUT2D eigenvalue weighted by atomic mass is 19.1. The molecular weight excluding hydrogens is 399 g/mol. The zero-order valence-electron chi connectivity index (χ0n) is 17.6. The molecule has 2 aromatic carbocycles. The Morgan fingerprint density at radius 2 is 1.74 bits per heavy atom. The van der Waals surface area contributed by atoms with Crippen LogP contribution in [-0.4, -0.2) is 41.4 Å². The van der Waals surface area contributed by atoms with Crippen LogP contribution >= 0.6 is 0 Å².